The Morgan fingerprint density at radius 2 is 0.964 bits per heavy atom. The summed E-state index contributed by atoms with van der Waals surface area (Å²) in [5.41, 5.74) is 0. The van der Waals surface area contributed by atoms with Crippen molar-refractivity contribution < 1.29 is 0 Å². The Balaban J connectivity index is 1.73. The minimum Gasteiger partial charge on any atom is -0.130 e. The van der Waals surface area contributed by atoms with Gasteiger partial charge >= 0.3 is 0 Å². The zero-order valence-electron chi connectivity index (χ0n) is 15.6. The Morgan fingerprint density at radius 3 is 1.61 bits per heavy atom. The number of hydrogen-bond donors (Lipinski definition) is 0. The maximum Gasteiger partial charge on any atom is 0.00755 e. The van der Waals surface area contributed by atoms with Crippen molar-refractivity contribution in [1.29, 1.82) is 0 Å². The lowest BCUT2D eigenvalue weighted by atomic mass is 9.94. The van der Waals surface area contributed by atoms with Gasteiger partial charge in [-0.3, -0.25) is 0 Å². The minimum atomic E-state index is 1.30. The van der Waals surface area contributed by atoms with Crippen LogP contribution in [-0.2, 0) is 0 Å². The number of thioether (sulfide) groups is 1. The van der Waals surface area contributed by atoms with E-state index < -0.39 is 0 Å². The van der Waals surface area contributed by atoms with Crippen LogP contribution in [0.3, 0.4) is 0 Å². The van der Waals surface area contributed by atoms with Gasteiger partial charge in [0.1, 0.15) is 0 Å². The van der Waals surface area contributed by atoms with E-state index in [4.69, 9.17) is 0 Å². The van der Waals surface area contributed by atoms with Crippen LogP contribution in [0.25, 0.3) is 53.9 Å². The lowest BCUT2D eigenvalue weighted by Gasteiger charge is -2.11. The number of rotatable bonds is 1. The van der Waals surface area contributed by atoms with Crippen LogP contribution in [0.15, 0.2) is 95.9 Å². The highest BCUT2D eigenvalue weighted by Crippen LogP contribution is 2.35. The highest BCUT2D eigenvalue weighted by atomic mass is 32.2. The van der Waals surface area contributed by atoms with Crippen molar-refractivity contribution in [2.45, 2.75) is 4.90 Å². The summed E-state index contributed by atoms with van der Waals surface area (Å²) in [6.45, 7) is 0. The summed E-state index contributed by atoms with van der Waals surface area (Å²) in [4.78, 5) is 1.31. The highest BCUT2D eigenvalue weighted by Gasteiger charge is 2.08. The van der Waals surface area contributed by atoms with Crippen LogP contribution in [0.4, 0.5) is 0 Å². The molecule has 0 aliphatic carbocycles. The van der Waals surface area contributed by atoms with Crippen molar-refractivity contribution >= 4 is 65.6 Å². The minimum absolute atomic E-state index is 1.30. The maximum atomic E-state index is 2.35. The van der Waals surface area contributed by atoms with Crippen molar-refractivity contribution in [3.8, 4) is 0 Å². The van der Waals surface area contributed by atoms with Gasteiger partial charge in [0.25, 0.3) is 0 Å². The first kappa shape index (κ1) is 16.0. The molecule has 6 aromatic rings. The molecule has 0 unspecified atom stereocenters. The van der Waals surface area contributed by atoms with Gasteiger partial charge < -0.3 is 0 Å². The molecular formula is C27H18S. The summed E-state index contributed by atoms with van der Waals surface area (Å²) in [7, 11) is 0. The van der Waals surface area contributed by atoms with E-state index in [-0.39, 0.29) is 0 Å². The zero-order chi connectivity index (χ0) is 18.7. The Hall–Kier alpha value is -3.03. The lowest BCUT2D eigenvalue weighted by Crippen LogP contribution is -1.83. The average molecular weight is 375 g/mol. The average Bonchev–Trinajstić information content (AvgIpc) is 2.75. The van der Waals surface area contributed by atoms with Crippen LogP contribution < -0.4 is 0 Å². The van der Waals surface area contributed by atoms with Gasteiger partial charge in [-0.2, -0.15) is 0 Å². The maximum absolute atomic E-state index is 2.35. The van der Waals surface area contributed by atoms with E-state index in [9.17, 15) is 0 Å². The molecule has 0 aliphatic rings. The summed E-state index contributed by atoms with van der Waals surface area (Å²) >= 11 is 1.79. The fourth-order valence-electron chi connectivity index (χ4n) is 4.42. The molecule has 0 saturated heterocycles. The third kappa shape index (κ3) is 2.33. The first-order chi connectivity index (χ1) is 13.8. The van der Waals surface area contributed by atoms with Gasteiger partial charge in [-0.05, 0) is 96.5 Å². The van der Waals surface area contributed by atoms with Gasteiger partial charge in [-0.1, -0.05) is 54.6 Å². The van der Waals surface area contributed by atoms with Gasteiger partial charge in [0, 0.05) is 4.90 Å². The monoisotopic (exact) mass is 374 g/mol. The van der Waals surface area contributed by atoms with Crippen LogP contribution in [-0.4, -0.2) is 6.26 Å². The van der Waals surface area contributed by atoms with E-state index >= 15 is 0 Å². The third-order valence-electron chi connectivity index (χ3n) is 5.86. The summed E-state index contributed by atoms with van der Waals surface area (Å²) in [6.07, 6.45) is 2.13. The molecule has 0 fully saturated rings. The number of benzene rings is 6. The zero-order valence-corrected chi connectivity index (χ0v) is 16.4. The van der Waals surface area contributed by atoms with Gasteiger partial charge in [-0.25, -0.2) is 0 Å². The van der Waals surface area contributed by atoms with Crippen molar-refractivity contribution in [1.82, 2.24) is 0 Å². The largest absolute Gasteiger partial charge is 0.130 e. The predicted octanol–water partition coefficient (Wildman–Crippen LogP) is 8.17. The summed E-state index contributed by atoms with van der Waals surface area (Å²) in [5.74, 6) is 0. The molecular weight excluding hydrogens is 356 g/mol. The fraction of sp³-hybridized carbons (Fsp3) is 0.0370. The molecule has 28 heavy (non-hydrogen) atoms. The Labute approximate surface area is 167 Å². The Kier molecular flexibility index (Phi) is 3.41. The van der Waals surface area contributed by atoms with Gasteiger partial charge in [-0.15, -0.1) is 11.8 Å². The lowest BCUT2D eigenvalue weighted by molar-refractivity contribution is 1.52. The molecule has 0 atom stereocenters. The Morgan fingerprint density at radius 1 is 0.429 bits per heavy atom. The molecule has 0 saturated carbocycles. The van der Waals surface area contributed by atoms with Gasteiger partial charge in [0.05, 0.1) is 0 Å². The molecule has 0 bridgehead atoms. The van der Waals surface area contributed by atoms with Crippen LogP contribution in [0.2, 0.25) is 0 Å². The molecule has 0 aliphatic heterocycles. The standard InChI is InChI=1S/C27H18S/c1-28-23-9-6-19-16-27-21(13-22(19)14-23)8-11-24-25(27)10-7-20-12-17-4-2-3-5-18(17)15-26(20)24/h2-16H,1H3. The van der Waals surface area contributed by atoms with Crippen LogP contribution in [0, 0.1) is 0 Å². The van der Waals surface area contributed by atoms with Gasteiger partial charge in [0.15, 0.2) is 0 Å². The second kappa shape index (κ2) is 5.98. The molecule has 132 valence electrons. The van der Waals surface area contributed by atoms with Crippen LogP contribution in [0.5, 0.6) is 0 Å². The van der Waals surface area contributed by atoms with E-state index in [1.54, 1.807) is 11.8 Å². The number of fused-ring (bicyclic) bond motifs is 7. The van der Waals surface area contributed by atoms with E-state index in [0.29, 0.717) is 0 Å². The Bertz CT molecular complexity index is 1540. The SMILES string of the molecule is CSc1ccc2cc3c(ccc4c5cc6ccccc6cc5ccc34)cc2c1. The molecule has 1 heteroatoms. The van der Waals surface area contributed by atoms with Crippen molar-refractivity contribution in [3.63, 3.8) is 0 Å². The van der Waals surface area contributed by atoms with Crippen molar-refractivity contribution in [3.05, 3.63) is 91.0 Å². The first-order valence-corrected chi connectivity index (χ1v) is 10.8. The topological polar surface area (TPSA) is 0 Å². The second-order valence-corrected chi connectivity index (χ2v) is 8.31. The fourth-order valence-corrected chi connectivity index (χ4v) is 4.87. The predicted molar refractivity (Wildman–Crippen MR) is 126 cm³/mol. The van der Waals surface area contributed by atoms with E-state index in [1.807, 2.05) is 0 Å². The van der Waals surface area contributed by atoms with E-state index in [0.717, 1.165) is 0 Å². The summed E-state index contributed by atoms with van der Waals surface area (Å²) in [6, 6.07) is 33.8. The molecule has 0 heterocycles. The van der Waals surface area contributed by atoms with Crippen molar-refractivity contribution in [2.24, 2.45) is 0 Å². The highest BCUT2D eigenvalue weighted by molar-refractivity contribution is 7.98. The molecule has 0 nitrogen and oxygen atoms in total. The first-order valence-electron chi connectivity index (χ1n) is 9.56. The van der Waals surface area contributed by atoms with E-state index in [1.165, 1.54) is 58.8 Å². The van der Waals surface area contributed by atoms with Crippen LogP contribution >= 0.6 is 11.8 Å². The van der Waals surface area contributed by atoms with Crippen LogP contribution in [0.1, 0.15) is 0 Å². The molecule has 0 amide bonds. The quantitative estimate of drug-likeness (QED) is 0.159. The van der Waals surface area contributed by atoms with Crippen molar-refractivity contribution in [2.75, 3.05) is 6.26 Å². The molecule has 0 aromatic heterocycles. The molecule has 6 rings (SSSR count). The normalized spacial score (nSPS) is 11.9. The van der Waals surface area contributed by atoms with Gasteiger partial charge in [0.2, 0.25) is 0 Å². The molecule has 0 radical (unpaired) electrons. The smallest absolute Gasteiger partial charge is 0.00755 e. The van der Waals surface area contributed by atoms with E-state index in [2.05, 4.69) is 97.3 Å². The molecule has 6 aromatic carbocycles. The summed E-state index contributed by atoms with van der Waals surface area (Å²) in [5, 5.41) is 13.1. The third-order valence-corrected chi connectivity index (χ3v) is 6.59. The number of hydrogen-bond acceptors (Lipinski definition) is 1. The molecule has 0 N–H and O–H groups in total. The molecule has 0 spiro atoms. The summed E-state index contributed by atoms with van der Waals surface area (Å²) < 4.78 is 0. The second-order valence-electron chi connectivity index (χ2n) is 7.43.